The summed E-state index contributed by atoms with van der Waals surface area (Å²) in [4.78, 5) is 36.8. The predicted molar refractivity (Wildman–Crippen MR) is 120 cm³/mol. The van der Waals surface area contributed by atoms with E-state index in [1.165, 1.54) is 28.0 Å². The van der Waals surface area contributed by atoms with Crippen molar-refractivity contribution >= 4 is 17.0 Å². The minimum absolute atomic E-state index is 0.205. The van der Waals surface area contributed by atoms with Crippen molar-refractivity contribution in [2.75, 3.05) is 18.9 Å². The highest BCUT2D eigenvalue weighted by molar-refractivity contribution is 5.81. The first-order valence-corrected chi connectivity index (χ1v) is 11.0. The van der Waals surface area contributed by atoms with Gasteiger partial charge in [0.1, 0.15) is 42.5 Å². The van der Waals surface area contributed by atoms with Gasteiger partial charge in [-0.3, -0.25) is 18.9 Å². The molecule has 3 aromatic rings. The summed E-state index contributed by atoms with van der Waals surface area (Å²) in [5, 5.41) is 47.2. The van der Waals surface area contributed by atoms with Gasteiger partial charge in [-0.15, -0.1) is 0 Å². The molecular formula is C20H27N7O9. The summed E-state index contributed by atoms with van der Waals surface area (Å²) in [6.45, 7) is 0.872. The van der Waals surface area contributed by atoms with E-state index in [1.54, 1.807) is 6.92 Å². The lowest BCUT2D eigenvalue weighted by Gasteiger charge is -2.16. The molecular weight excluding hydrogens is 482 g/mol. The Bertz CT molecular complexity index is 1320. The molecule has 36 heavy (non-hydrogen) atoms. The number of aliphatic hydroxyl groups is 5. The molecule has 0 spiro atoms. The molecule has 0 radical (unpaired) electrons. The van der Waals surface area contributed by atoms with Crippen LogP contribution in [0.4, 0.5) is 5.82 Å². The summed E-state index contributed by atoms with van der Waals surface area (Å²) in [5.41, 5.74) is 5.80. The number of fused-ring (bicyclic) bond motifs is 1. The molecule has 5 rings (SSSR count). The maximum absolute atomic E-state index is 11.6. The molecule has 2 saturated heterocycles. The van der Waals surface area contributed by atoms with Crippen molar-refractivity contribution in [3.05, 3.63) is 45.3 Å². The number of hydrogen-bond donors (Lipinski definition) is 7. The van der Waals surface area contributed by atoms with Gasteiger partial charge < -0.3 is 40.7 Å². The molecule has 0 amide bonds. The topological polar surface area (TPSA) is 244 Å². The van der Waals surface area contributed by atoms with Crippen molar-refractivity contribution < 1.29 is 35.0 Å². The van der Waals surface area contributed by atoms with Crippen LogP contribution in [0.2, 0.25) is 0 Å². The van der Waals surface area contributed by atoms with Crippen molar-refractivity contribution in [1.29, 1.82) is 0 Å². The third kappa shape index (κ3) is 4.74. The largest absolute Gasteiger partial charge is 0.394 e. The SMILES string of the molecule is Cc1cn([C@H]2C[C@H](O)[C@@H](CO)O2)c(=O)[nH]c1=O.Nc1ncnc2c1ncn2[C@@H]1O[C@H](CO)[C@@H](O)[C@H]1O. The standard InChI is InChI=1S/C10H13N5O4.C10H14N2O5/c11-8-5-9(13-2-12-8)15(3-14-5)10-7(18)6(17)4(1-16)19-10;1-5-3-12(10(16)11-9(5)15)8-2-6(14)7(4-13)17-8/h2-4,6-7,10,16-18H,1H2,(H2,11,12,13);3,6-8,13-14H,2,4H2,1H3,(H,11,15,16)/t4-,6-,7-,10-;6-,7+,8+/m10/s1. The second-order valence-corrected chi connectivity index (χ2v) is 8.41. The summed E-state index contributed by atoms with van der Waals surface area (Å²) < 4.78 is 13.4. The number of rotatable bonds is 4. The average Bonchev–Trinajstić information content (AvgIpc) is 3.53. The number of nitrogens with zero attached hydrogens (tertiary/aromatic N) is 5. The number of aryl methyl sites for hydroxylation is 1. The van der Waals surface area contributed by atoms with Crippen molar-refractivity contribution in [3.63, 3.8) is 0 Å². The van der Waals surface area contributed by atoms with Crippen LogP contribution in [0.5, 0.6) is 0 Å². The van der Waals surface area contributed by atoms with Gasteiger partial charge in [0.25, 0.3) is 5.56 Å². The number of H-pyrrole nitrogens is 1. The Morgan fingerprint density at radius 3 is 2.42 bits per heavy atom. The fourth-order valence-electron chi connectivity index (χ4n) is 4.02. The van der Waals surface area contributed by atoms with Crippen molar-refractivity contribution in [2.24, 2.45) is 0 Å². The molecule has 0 aromatic carbocycles. The van der Waals surface area contributed by atoms with Crippen LogP contribution in [-0.2, 0) is 9.47 Å². The molecule has 0 unspecified atom stereocenters. The number of aromatic amines is 1. The maximum atomic E-state index is 11.6. The molecule has 5 heterocycles. The Kier molecular flexibility index (Phi) is 7.46. The molecule has 2 aliphatic heterocycles. The Hall–Kier alpha value is -3.25. The van der Waals surface area contributed by atoms with E-state index in [4.69, 9.17) is 25.4 Å². The van der Waals surface area contributed by atoms with E-state index in [0.717, 1.165) is 0 Å². The van der Waals surface area contributed by atoms with E-state index >= 15 is 0 Å². The molecule has 16 heteroatoms. The Morgan fingerprint density at radius 1 is 1.06 bits per heavy atom. The van der Waals surface area contributed by atoms with Gasteiger partial charge in [-0.25, -0.2) is 19.7 Å². The third-order valence-corrected chi connectivity index (χ3v) is 6.02. The van der Waals surface area contributed by atoms with Crippen molar-refractivity contribution in [2.45, 2.75) is 56.3 Å². The lowest BCUT2D eigenvalue weighted by molar-refractivity contribution is -0.0511. The van der Waals surface area contributed by atoms with Gasteiger partial charge in [0.05, 0.1) is 25.6 Å². The van der Waals surface area contributed by atoms with E-state index in [2.05, 4.69) is 19.9 Å². The monoisotopic (exact) mass is 509 g/mol. The number of anilines is 1. The number of ether oxygens (including phenoxy) is 2. The molecule has 0 bridgehead atoms. The summed E-state index contributed by atoms with van der Waals surface area (Å²) in [5.74, 6) is 0.218. The van der Waals surface area contributed by atoms with Crippen molar-refractivity contribution in [1.82, 2.24) is 29.1 Å². The van der Waals surface area contributed by atoms with E-state index < -0.39 is 60.8 Å². The second-order valence-electron chi connectivity index (χ2n) is 8.41. The summed E-state index contributed by atoms with van der Waals surface area (Å²) >= 11 is 0. The lowest BCUT2D eigenvalue weighted by Crippen LogP contribution is -2.33. The van der Waals surface area contributed by atoms with Crippen LogP contribution in [0.1, 0.15) is 24.4 Å². The second kappa shape index (κ2) is 10.4. The molecule has 2 fully saturated rings. The Balaban J connectivity index is 0.000000170. The van der Waals surface area contributed by atoms with Crippen LogP contribution in [0, 0.1) is 6.92 Å². The molecule has 0 aliphatic carbocycles. The smallest absolute Gasteiger partial charge is 0.330 e. The van der Waals surface area contributed by atoms with Gasteiger partial charge in [-0.2, -0.15) is 0 Å². The first-order chi connectivity index (χ1) is 17.2. The minimum Gasteiger partial charge on any atom is -0.394 e. The van der Waals surface area contributed by atoms with Crippen LogP contribution in [0.3, 0.4) is 0 Å². The summed E-state index contributed by atoms with van der Waals surface area (Å²) in [7, 11) is 0. The zero-order valence-corrected chi connectivity index (χ0v) is 19.1. The normalized spacial score (nSPS) is 29.9. The van der Waals surface area contributed by atoms with Crippen LogP contribution < -0.4 is 17.0 Å². The average molecular weight is 509 g/mol. The van der Waals surface area contributed by atoms with Crippen LogP contribution in [0.15, 0.2) is 28.4 Å². The van der Waals surface area contributed by atoms with E-state index in [-0.39, 0.29) is 18.8 Å². The molecule has 2 aliphatic rings. The first-order valence-electron chi connectivity index (χ1n) is 11.0. The zero-order chi connectivity index (χ0) is 26.1. The quantitative estimate of drug-likeness (QED) is 0.181. The van der Waals surface area contributed by atoms with Crippen LogP contribution in [0.25, 0.3) is 11.2 Å². The Labute approximate surface area is 202 Å². The highest BCUT2D eigenvalue weighted by Crippen LogP contribution is 2.31. The fourth-order valence-corrected chi connectivity index (χ4v) is 4.02. The van der Waals surface area contributed by atoms with Crippen LogP contribution in [-0.4, -0.2) is 98.3 Å². The fraction of sp³-hybridized carbons (Fsp3) is 0.550. The molecule has 8 N–H and O–H groups in total. The van der Waals surface area contributed by atoms with Gasteiger partial charge in [0.15, 0.2) is 17.7 Å². The summed E-state index contributed by atoms with van der Waals surface area (Å²) in [6.07, 6.45) is -2.00. The molecule has 16 nitrogen and oxygen atoms in total. The number of aromatic nitrogens is 6. The van der Waals surface area contributed by atoms with E-state index in [9.17, 15) is 24.9 Å². The number of nitrogens with one attached hydrogen (secondary N) is 1. The molecule has 7 atom stereocenters. The van der Waals surface area contributed by atoms with E-state index in [0.29, 0.717) is 16.7 Å². The van der Waals surface area contributed by atoms with Crippen LogP contribution >= 0.6 is 0 Å². The zero-order valence-electron chi connectivity index (χ0n) is 19.1. The maximum Gasteiger partial charge on any atom is 0.330 e. The van der Waals surface area contributed by atoms with Gasteiger partial charge in [0, 0.05) is 18.2 Å². The van der Waals surface area contributed by atoms with E-state index in [1.807, 2.05) is 0 Å². The van der Waals surface area contributed by atoms with Crippen molar-refractivity contribution in [3.8, 4) is 0 Å². The molecule has 3 aromatic heterocycles. The number of hydrogen-bond acceptors (Lipinski definition) is 13. The number of aliphatic hydroxyl groups excluding tert-OH is 5. The van der Waals surface area contributed by atoms with Gasteiger partial charge in [-0.05, 0) is 6.92 Å². The first kappa shape index (κ1) is 25.8. The molecule has 196 valence electrons. The third-order valence-electron chi connectivity index (χ3n) is 6.02. The number of nitrogens with two attached hydrogens (primary N) is 1. The summed E-state index contributed by atoms with van der Waals surface area (Å²) in [6, 6.07) is 0. The predicted octanol–water partition coefficient (Wildman–Crippen LogP) is -3.49. The van der Waals surface area contributed by atoms with Gasteiger partial charge in [-0.1, -0.05) is 0 Å². The van der Waals surface area contributed by atoms with Gasteiger partial charge in [0.2, 0.25) is 0 Å². The molecule has 0 saturated carbocycles. The minimum atomic E-state index is -1.19. The highest BCUT2D eigenvalue weighted by Gasteiger charge is 2.44. The Morgan fingerprint density at radius 2 is 1.78 bits per heavy atom. The lowest BCUT2D eigenvalue weighted by atomic mass is 10.1. The number of imidazole rings is 1. The van der Waals surface area contributed by atoms with Gasteiger partial charge >= 0.3 is 5.69 Å². The highest BCUT2D eigenvalue weighted by atomic mass is 16.6. The number of nitrogen functional groups attached to an aromatic ring is 1.